The quantitative estimate of drug-likeness (QED) is 0.842. The van der Waals surface area contributed by atoms with E-state index < -0.39 is 0 Å². The van der Waals surface area contributed by atoms with Gasteiger partial charge < -0.3 is 14.8 Å². The lowest BCUT2D eigenvalue weighted by molar-refractivity contribution is -0.0745. The zero-order valence-corrected chi connectivity index (χ0v) is 10.9. The van der Waals surface area contributed by atoms with Crippen molar-refractivity contribution in [2.45, 2.75) is 12.5 Å². The van der Waals surface area contributed by atoms with E-state index in [1.807, 2.05) is 24.3 Å². The molecule has 0 amide bonds. The second-order valence-electron chi connectivity index (χ2n) is 4.20. The van der Waals surface area contributed by atoms with E-state index in [2.05, 4.69) is 28.2 Å². The molecule has 1 aromatic carbocycles. The van der Waals surface area contributed by atoms with Crippen molar-refractivity contribution >= 4 is 15.9 Å². The molecule has 0 bridgehead atoms. The average Bonchev–Trinajstić information content (AvgIpc) is 2.24. The predicted molar refractivity (Wildman–Crippen MR) is 66.9 cm³/mol. The third-order valence-corrected chi connectivity index (χ3v) is 3.14. The molecule has 4 heteroatoms. The highest BCUT2D eigenvalue weighted by Crippen LogP contribution is 2.17. The Morgan fingerprint density at radius 3 is 2.50 bits per heavy atom. The molecule has 1 heterocycles. The number of hydrogen-bond donors (Lipinski definition) is 1. The molecule has 2 rings (SSSR count). The number of benzene rings is 1. The van der Waals surface area contributed by atoms with Gasteiger partial charge in [0.15, 0.2) is 0 Å². The molecule has 0 atom stereocenters. The summed E-state index contributed by atoms with van der Waals surface area (Å²) in [5.74, 6) is 0.878. The highest BCUT2D eigenvalue weighted by molar-refractivity contribution is 9.10. The molecule has 1 aliphatic heterocycles. The van der Waals surface area contributed by atoms with Crippen molar-refractivity contribution < 1.29 is 9.47 Å². The molecule has 0 aliphatic carbocycles. The van der Waals surface area contributed by atoms with Crippen molar-refractivity contribution in [1.29, 1.82) is 0 Å². The fourth-order valence-electron chi connectivity index (χ4n) is 1.56. The van der Waals surface area contributed by atoms with E-state index in [1.54, 1.807) is 0 Å². The van der Waals surface area contributed by atoms with Crippen LogP contribution in [-0.4, -0.2) is 31.9 Å². The maximum absolute atomic E-state index is 5.71. The zero-order chi connectivity index (χ0) is 11.4. The van der Waals surface area contributed by atoms with Gasteiger partial charge in [-0.25, -0.2) is 0 Å². The SMILES string of the molecule is CC1(OCCOc2ccc(Br)cc2)CNC1. The predicted octanol–water partition coefficient (Wildman–Crippen LogP) is 2.21. The van der Waals surface area contributed by atoms with Crippen LogP contribution in [0.25, 0.3) is 0 Å². The fourth-order valence-corrected chi connectivity index (χ4v) is 1.82. The van der Waals surface area contributed by atoms with E-state index in [4.69, 9.17) is 9.47 Å². The normalized spacial score (nSPS) is 17.9. The summed E-state index contributed by atoms with van der Waals surface area (Å²) in [6.07, 6.45) is 0. The van der Waals surface area contributed by atoms with Gasteiger partial charge in [0.2, 0.25) is 0 Å². The van der Waals surface area contributed by atoms with E-state index in [-0.39, 0.29) is 5.60 Å². The Kier molecular flexibility index (Phi) is 3.84. The third kappa shape index (κ3) is 3.20. The molecule has 16 heavy (non-hydrogen) atoms. The smallest absolute Gasteiger partial charge is 0.119 e. The van der Waals surface area contributed by atoms with Crippen LogP contribution < -0.4 is 10.1 Å². The van der Waals surface area contributed by atoms with Crippen LogP contribution in [0.1, 0.15) is 6.92 Å². The summed E-state index contributed by atoms with van der Waals surface area (Å²) in [4.78, 5) is 0. The van der Waals surface area contributed by atoms with Gasteiger partial charge in [0.1, 0.15) is 12.4 Å². The molecular formula is C12H16BrNO2. The van der Waals surface area contributed by atoms with Crippen molar-refractivity contribution in [3.05, 3.63) is 28.7 Å². The Balaban J connectivity index is 1.66. The Morgan fingerprint density at radius 1 is 1.25 bits per heavy atom. The van der Waals surface area contributed by atoms with Crippen LogP contribution in [0.5, 0.6) is 5.75 Å². The van der Waals surface area contributed by atoms with Crippen LogP contribution in [0.4, 0.5) is 0 Å². The number of rotatable bonds is 5. The molecule has 0 unspecified atom stereocenters. The van der Waals surface area contributed by atoms with Gasteiger partial charge in [0, 0.05) is 17.6 Å². The van der Waals surface area contributed by atoms with Gasteiger partial charge in [0.25, 0.3) is 0 Å². The van der Waals surface area contributed by atoms with Gasteiger partial charge in [-0.05, 0) is 31.2 Å². The van der Waals surface area contributed by atoms with Crippen LogP contribution >= 0.6 is 15.9 Å². The first-order valence-electron chi connectivity index (χ1n) is 5.41. The summed E-state index contributed by atoms with van der Waals surface area (Å²) in [7, 11) is 0. The Hall–Kier alpha value is -0.580. The van der Waals surface area contributed by atoms with E-state index in [9.17, 15) is 0 Å². The lowest BCUT2D eigenvalue weighted by atomic mass is 10.0. The second kappa shape index (κ2) is 5.17. The first kappa shape index (κ1) is 11.9. The summed E-state index contributed by atoms with van der Waals surface area (Å²) in [6, 6.07) is 7.81. The third-order valence-electron chi connectivity index (χ3n) is 2.61. The maximum Gasteiger partial charge on any atom is 0.119 e. The van der Waals surface area contributed by atoms with E-state index in [1.165, 1.54) is 0 Å². The number of hydrogen-bond acceptors (Lipinski definition) is 3. The minimum Gasteiger partial charge on any atom is -0.491 e. The molecular weight excluding hydrogens is 270 g/mol. The average molecular weight is 286 g/mol. The second-order valence-corrected chi connectivity index (χ2v) is 5.12. The molecule has 1 fully saturated rings. The van der Waals surface area contributed by atoms with Crippen LogP contribution in [0.3, 0.4) is 0 Å². The molecule has 0 saturated carbocycles. The summed E-state index contributed by atoms with van der Waals surface area (Å²) in [5, 5.41) is 3.20. The van der Waals surface area contributed by atoms with Gasteiger partial charge >= 0.3 is 0 Å². The molecule has 3 nitrogen and oxygen atoms in total. The van der Waals surface area contributed by atoms with Gasteiger partial charge in [0.05, 0.1) is 12.2 Å². The highest BCUT2D eigenvalue weighted by atomic mass is 79.9. The van der Waals surface area contributed by atoms with Crippen molar-refractivity contribution in [2.24, 2.45) is 0 Å². The van der Waals surface area contributed by atoms with Crippen LogP contribution in [-0.2, 0) is 4.74 Å². The Labute approximate surface area is 104 Å². The van der Waals surface area contributed by atoms with Gasteiger partial charge in [-0.3, -0.25) is 0 Å². The monoisotopic (exact) mass is 285 g/mol. The molecule has 1 N–H and O–H groups in total. The van der Waals surface area contributed by atoms with E-state index >= 15 is 0 Å². The molecule has 88 valence electrons. The molecule has 1 aliphatic rings. The van der Waals surface area contributed by atoms with Crippen molar-refractivity contribution in [1.82, 2.24) is 5.32 Å². The topological polar surface area (TPSA) is 30.5 Å². The van der Waals surface area contributed by atoms with Crippen LogP contribution in [0.15, 0.2) is 28.7 Å². The first-order chi connectivity index (χ1) is 7.68. The maximum atomic E-state index is 5.71. The number of ether oxygens (including phenoxy) is 2. The number of halogens is 1. The molecule has 1 saturated heterocycles. The Bertz CT molecular complexity index is 335. The van der Waals surface area contributed by atoms with Crippen molar-refractivity contribution in [2.75, 3.05) is 26.3 Å². The van der Waals surface area contributed by atoms with Gasteiger partial charge in [-0.15, -0.1) is 0 Å². The minimum atomic E-state index is 0.0169. The summed E-state index contributed by atoms with van der Waals surface area (Å²) < 4.78 is 12.3. The lowest BCUT2D eigenvalue weighted by Gasteiger charge is -2.39. The largest absolute Gasteiger partial charge is 0.491 e. The first-order valence-corrected chi connectivity index (χ1v) is 6.20. The molecule has 1 aromatic rings. The Morgan fingerprint density at radius 2 is 1.94 bits per heavy atom. The molecule has 0 aromatic heterocycles. The number of nitrogens with one attached hydrogen (secondary N) is 1. The van der Waals surface area contributed by atoms with Crippen molar-refractivity contribution in [3.63, 3.8) is 0 Å². The zero-order valence-electron chi connectivity index (χ0n) is 9.33. The summed E-state index contributed by atoms with van der Waals surface area (Å²) in [6.45, 7) is 5.21. The van der Waals surface area contributed by atoms with E-state index in [0.717, 1.165) is 23.3 Å². The van der Waals surface area contributed by atoms with Crippen LogP contribution in [0, 0.1) is 0 Å². The minimum absolute atomic E-state index is 0.0169. The van der Waals surface area contributed by atoms with Gasteiger partial charge in [-0.1, -0.05) is 15.9 Å². The summed E-state index contributed by atoms with van der Waals surface area (Å²) >= 11 is 3.38. The fraction of sp³-hybridized carbons (Fsp3) is 0.500. The highest BCUT2D eigenvalue weighted by Gasteiger charge is 2.32. The van der Waals surface area contributed by atoms with Gasteiger partial charge in [-0.2, -0.15) is 0 Å². The summed E-state index contributed by atoms with van der Waals surface area (Å²) in [5.41, 5.74) is 0.0169. The van der Waals surface area contributed by atoms with Crippen molar-refractivity contribution in [3.8, 4) is 5.75 Å². The molecule has 0 radical (unpaired) electrons. The standard InChI is InChI=1S/C12H16BrNO2/c1-12(8-14-9-12)16-7-6-15-11-4-2-10(13)3-5-11/h2-5,14H,6-9H2,1H3. The van der Waals surface area contributed by atoms with Crippen LogP contribution in [0.2, 0.25) is 0 Å². The van der Waals surface area contributed by atoms with E-state index in [0.29, 0.717) is 13.2 Å². The lowest BCUT2D eigenvalue weighted by Crippen LogP contribution is -2.59. The molecule has 0 spiro atoms.